The zero-order valence-corrected chi connectivity index (χ0v) is 11.1. The van der Waals surface area contributed by atoms with Crippen molar-refractivity contribution in [1.82, 2.24) is 24.5 Å². The van der Waals surface area contributed by atoms with Crippen LogP contribution in [0, 0.1) is 0 Å². The van der Waals surface area contributed by atoms with Crippen molar-refractivity contribution in [2.75, 3.05) is 5.73 Å². The quantitative estimate of drug-likeness (QED) is 0.781. The zero-order chi connectivity index (χ0) is 13.9. The first-order valence-electron chi connectivity index (χ1n) is 5.60. The number of nitrogens with two attached hydrogens (primary N) is 1. The summed E-state index contributed by atoms with van der Waals surface area (Å²) in [6, 6.07) is 1.43. The van der Waals surface area contributed by atoms with Gasteiger partial charge in [0.2, 0.25) is 10.0 Å². The lowest BCUT2D eigenvalue weighted by Crippen LogP contribution is -2.26. The molecule has 9 heteroatoms. The molecule has 0 spiro atoms. The highest BCUT2D eigenvalue weighted by molar-refractivity contribution is 7.89. The normalized spacial score (nSPS) is 11.6. The molecule has 3 N–H and O–H groups in total. The maximum Gasteiger partial charge on any atom is 0.244 e. The number of rotatable bonds is 5. The van der Waals surface area contributed by atoms with Crippen molar-refractivity contribution in [1.29, 1.82) is 0 Å². The standard InChI is InChI=1S/C10H14N6O2S/c1-2-16-7-13-15-10(16)6-14-19(17,18)9-5-12-4-3-8(9)11/h3-5,7,14H,2,6H2,1H3,(H2,11,12). The summed E-state index contributed by atoms with van der Waals surface area (Å²) in [5.41, 5.74) is 5.77. The molecule has 0 fully saturated rings. The molecule has 0 unspecified atom stereocenters. The third kappa shape index (κ3) is 2.88. The van der Waals surface area contributed by atoms with Gasteiger partial charge in [0.1, 0.15) is 17.0 Å². The second-order valence-electron chi connectivity index (χ2n) is 3.77. The third-order valence-corrected chi connectivity index (χ3v) is 4.01. The van der Waals surface area contributed by atoms with E-state index >= 15 is 0 Å². The molecule has 102 valence electrons. The number of nitrogens with zero attached hydrogens (tertiary/aromatic N) is 4. The molecule has 0 amide bonds. The summed E-state index contributed by atoms with van der Waals surface area (Å²) in [5, 5.41) is 7.57. The predicted molar refractivity (Wildman–Crippen MR) is 68.4 cm³/mol. The molecule has 0 aliphatic carbocycles. The van der Waals surface area contributed by atoms with Gasteiger partial charge in [0.25, 0.3) is 0 Å². The maximum atomic E-state index is 12.1. The minimum Gasteiger partial charge on any atom is -0.398 e. The smallest absolute Gasteiger partial charge is 0.244 e. The number of nitrogens with one attached hydrogen (secondary N) is 1. The zero-order valence-electron chi connectivity index (χ0n) is 10.3. The second kappa shape index (κ2) is 5.33. The van der Waals surface area contributed by atoms with Gasteiger partial charge in [0.05, 0.1) is 12.2 Å². The molecule has 19 heavy (non-hydrogen) atoms. The largest absolute Gasteiger partial charge is 0.398 e. The number of aryl methyl sites for hydroxylation is 1. The Balaban J connectivity index is 2.17. The van der Waals surface area contributed by atoms with Crippen LogP contribution in [0.1, 0.15) is 12.7 Å². The van der Waals surface area contributed by atoms with Crippen molar-refractivity contribution in [2.45, 2.75) is 24.9 Å². The van der Waals surface area contributed by atoms with Crippen molar-refractivity contribution in [3.63, 3.8) is 0 Å². The summed E-state index contributed by atoms with van der Waals surface area (Å²) < 4.78 is 28.3. The van der Waals surface area contributed by atoms with Crippen LogP contribution in [0.4, 0.5) is 5.69 Å². The van der Waals surface area contributed by atoms with Gasteiger partial charge in [-0.25, -0.2) is 13.1 Å². The Morgan fingerprint density at radius 2 is 2.26 bits per heavy atom. The highest BCUT2D eigenvalue weighted by Crippen LogP contribution is 2.15. The van der Waals surface area contributed by atoms with Gasteiger partial charge in [-0.1, -0.05) is 0 Å². The first kappa shape index (κ1) is 13.4. The van der Waals surface area contributed by atoms with Crippen LogP contribution in [0.3, 0.4) is 0 Å². The Morgan fingerprint density at radius 3 is 2.95 bits per heavy atom. The highest BCUT2D eigenvalue weighted by atomic mass is 32.2. The van der Waals surface area contributed by atoms with Crippen molar-refractivity contribution >= 4 is 15.7 Å². The van der Waals surface area contributed by atoms with Crippen LogP contribution >= 0.6 is 0 Å². The summed E-state index contributed by atoms with van der Waals surface area (Å²) in [4.78, 5) is 3.71. The molecule has 2 rings (SSSR count). The van der Waals surface area contributed by atoms with E-state index in [-0.39, 0.29) is 17.1 Å². The minimum atomic E-state index is -3.71. The van der Waals surface area contributed by atoms with E-state index in [2.05, 4.69) is 19.9 Å². The van der Waals surface area contributed by atoms with E-state index in [1.54, 1.807) is 10.9 Å². The third-order valence-electron chi connectivity index (χ3n) is 2.56. The topological polar surface area (TPSA) is 116 Å². The van der Waals surface area contributed by atoms with E-state index < -0.39 is 10.0 Å². The Morgan fingerprint density at radius 1 is 1.47 bits per heavy atom. The molecule has 0 radical (unpaired) electrons. The van der Waals surface area contributed by atoms with Crippen molar-refractivity contribution in [3.8, 4) is 0 Å². The van der Waals surface area contributed by atoms with Crippen LogP contribution < -0.4 is 10.5 Å². The Kier molecular flexibility index (Phi) is 3.76. The summed E-state index contributed by atoms with van der Waals surface area (Å²) in [6.07, 6.45) is 4.19. The van der Waals surface area contributed by atoms with E-state index in [0.29, 0.717) is 12.4 Å². The molecule has 8 nitrogen and oxygen atoms in total. The second-order valence-corrected chi connectivity index (χ2v) is 5.51. The number of nitrogen functional groups attached to an aromatic ring is 1. The first-order valence-corrected chi connectivity index (χ1v) is 7.08. The van der Waals surface area contributed by atoms with E-state index in [1.807, 2.05) is 6.92 Å². The molecule has 0 aliphatic rings. The Hall–Kier alpha value is -2.00. The minimum absolute atomic E-state index is 0.0439. The van der Waals surface area contributed by atoms with Crippen LogP contribution in [0.25, 0.3) is 0 Å². The van der Waals surface area contributed by atoms with E-state index in [4.69, 9.17) is 5.73 Å². The molecule has 2 aromatic rings. The molecule has 2 heterocycles. The molecule has 0 saturated carbocycles. The van der Waals surface area contributed by atoms with E-state index in [0.717, 1.165) is 0 Å². The van der Waals surface area contributed by atoms with Gasteiger partial charge in [0, 0.05) is 18.9 Å². The monoisotopic (exact) mass is 282 g/mol. The van der Waals surface area contributed by atoms with Crippen LogP contribution in [-0.2, 0) is 23.1 Å². The van der Waals surface area contributed by atoms with Crippen LogP contribution in [0.2, 0.25) is 0 Å². The molecular formula is C10H14N6O2S. The lowest BCUT2D eigenvalue weighted by molar-refractivity contribution is 0.575. The fourth-order valence-electron chi connectivity index (χ4n) is 1.53. The summed E-state index contributed by atoms with van der Waals surface area (Å²) in [7, 11) is -3.71. The average molecular weight is 282 g/mol. The summed E-state index contributed by atoms with van der Waals surface area (Å²) in [6.45, 7) is 2.63. The first-order chi connectivity index (χ1) is 9.04. The maximum absolute atomic E-state index is 12.1. The van der Waals surface area contributed by atoms with E-state index in [1.165, 1.54) is 18.5 Å². The van der Waals surface area contributed by atoms with Gasteiger partial charge in [-0.2, -0.15) is 0 Å². The fourth-order valence-corrected chi connectivity index (χ4v) is 2.59. The highest BCUT2D eigenvalue weighted by Gasteiger charge is 2.18. The molecule has 0 aliphatic heterocycles. The molecule has 0 atom stereocenters. The number of anilines is 1. The van der Waals surface area contributed by atoms with E-state index in [9.17, 15) is 8.42 Å². The molecule has 2 aromatic heterocycles. The SMILES string of the molecule is CCn1cnnc1CNS(=O)(=O)c1cnccc1N. The molecular weight excluding hydrogens is 268 g/mol. The Bertz CT molecular complexity index is 666. The molecule has 0 saturated heterocycles. The summed E-state index contributed by atoms with van der Waals surface area (Å²) in [5.74, 6) is 0.536. The van der Waals surface area contributed by atoms with Gasteiger partial charge in [-0.3, -0.25) is 4.98 Å². The van der Waals surface area contributed by atoms with Crippen molar-refractivity contribution < 1.29 is 8.42 Å². The van der Waals surface area contributed by atoms with Crippen molar-refractivity contribution in [3.05, 3.63) is 30.6 Å². The number of hydrogen-bond donors (Lipinski definition) is 2. The average Bonchev–Trinajstić information content (AvgIpc) is 2.84. The van der Waals surface area contributed by atoms with Crippen molar-refractivity contribution in [2.24, 2.45) is 0 Å². The molecule has 0 aromatic carbocycles. The van der Waals surface area contributed by atoms with Gasteiger partial charge in [0.15, 0.2) is 0 Å². The van der Waals surface area contributed by atoms with Crippen LogP contribution in [0.15, 0.2) is 29.7 Å². The summed E-state index contributed by atoms with van der Waals surface area (Å²) >= 11 is 0. The van der Waals surface area contributed by atoms with Gasteiger partial charge in [-0.05, 0) is 13.0 Å². The lowest BCUT2D eigenvalue weighted by Gasteiger charge is -2.08. The van der Waals surface area contributed by atoms with Gasteiger partial charge < -0.3 is 10.3 Å². The Labute approximate surface area is 110 Å². The number of hydrogen-bond acceptors (Lipinski definition) is 6. The predicted octanol–water partition coefficient (Wildman–Crippen LogP) is -0.246. The molecule has 0 bridgehead atoms. The fraction of sp³-hybridized carbons (Fsp3) is 0.300. The number of sulfonamides is 1. The number of aromatic nitrogens is 4. The van der Waals surface area contributed by atoms with Gasteiger partial charge >= 0.3 is 0 Å². The van der Waals surface area contributed by atoms with Crippen LogP contribution in [-0.4, -0.2) is 28.2 Å². The number of pyridine rings is 1. The van der Waals surface area contributed by atoms with Crippen LogP contribution in [0.5, 0.6) is 0 Å². The lowest BCUT2D eigenvalue weighted by atomic mass is 10.4. The van der Waals surface area contributed by atoms with Gasteiger partial charge in [-0.15, -0.1) is 10.2 Å².